The Hall–Kier alpha value is -0.490. The lowest BCUT2D eigenvalue weighted by Crippen LogP contribution is -2.54. The highest BCUT2D eigenvalue weighted by Gasteiger charge is 2.38. The molecule has 3 N–H and O–H groups in total. The fraction of sp³-hybridized carbons (Fsp3) is 0.909. The van der Waals surface area contributed by atoms with Gasteiger partial charge in [0.1, 0.15) is 5.60 Å². The molecule has 0 aromatic heterocycles. The summed E-state index contributed by atoms with van der Waals surface area (Å²) in [5, 5.41) is 28.8. The number of rotatable bonds is 6. The third-order valence-electron chi connectivity index (χ3n) is 2.62. The zero-order valence-electron chi connectivity index (χ0n) is 10.7. The molecule has 0 heterocycles. The smallest absolute Gasteiger partial charge is 0.221 e. The number of aliphatic hydroxyl groups is 3. The SMILES string of the molecule is CC(=O)C(O)(CC(C)C)CN(C)C(C)(O)O. The van der Waals surface area contributed by atoms with Crippen molar-refractivity contribution in [3.05, 3.63) is 0 Å². The van der Waals surface area contributed by atoms with E-state index < -0.39 is 11.5 Å². The van der Waals surface area contributed by atoms with Crippen LogP contribution in [0, 0.1) is 5.92 Å². The molecule has 0 radical (unpaired) electrons. The maximum atomic E-state index is 11.4. The quantitative estimate of drug-likeness (QED) is 0.560. The first kappa shape index (κ1) is 15.5. The Kier molecular flexibility index (Phi) is 5.07. The molecule has 0 aliphatic rings. The molecular weight excluding hydrogens is 210 g/mol. The zero-order chi connectivity index (χ0) is 13.1. The standard InChI is InChI=1S/C11H23NO4/c1-8(2)6-11(16,9(3)13)7-12(5)10(4,14)15/h8,14-16H,6-7H2,1-5H3. The van der Waals surface area contributed by atoms with Crippen molar-refractivity contribution in [3.8, 4) is 0 Å². The molecule has 0 saturated heterocycles. The predicted molar refractivity (Wildman–Crippen MR) is 60.6 cm³/mol. The van der Waals surface area contributed by atoms with E-state index in [0.717, 1.165) is 4.90 Å². The third kappa shape index (κ3) is 4.57. The second kappa shape index (κ2) is 5.23. The van der Waals surface area contributed by atoms with E-state index >= 15 is 0 Å². The maximum Gasteiger partial charge on any atom is 0.221 e. The minimum atomic E-state index is -2.04. The summed E-state index contributed by atoms with van der Waals surface area (Å²) in [6.07, 6.45) is 0.294. The van der Waals surface area contributed by atoms with Gasteiger partial charge in [0.25, 0.3) is 0 Å². The minimum Gasteiger partial charge on any atom is -0.381 e. The summed E-state index contributed by atoms with van der Waals surface area (Å²) in [4.78, 5) is 12.6. The van der Waals surface area contributed by atoms with Crippen LogP contribution in [0.4, 0.5) is 0 Å². The van der Waals surface area contributed by atoms with Crippen molar-refractivity contribution >= 4 is 5.78 Å². The van der Waals surface area contributed by atoms with Gasteiger partial charge in [0.2, 0.25) is 5.91 Å². The van der Waals surface area contributed by atoms with Crippen molar-refractivity contribution in [2.45, 2.75) is 45.6 Å². The minimum absolute atomic E-state index is 0.107. The van der Waals surface area contributed by atoms with Gasteiger partial charge in [-0.15, -0.1) is 0 Å². The molecule has 0 rings (SSSR count). The highest BCUT2D eigenvalue weighted by molar-refractivity contribution is 5.84. The molecule has 0 aliphatic carbocycles. The second-order valence-corrected chi connectivity index (χ2v) is 5.01. The predicted octanol–water partition coefficient (Wildman–Crippen LogP) is -0.0573. The van der Waals surface area contributed by atoms with Gasteiger partial charge in [-0.05, 0) is 26.3 Å². The summed E-state index contributed by atoms with van der Waals surface area (Å²) in [5.74, 6) is -2.26. The van der Waals surface area contributed by atoms with Crippen molar-refractivity contribution in [3.63, 3.8) is 0 Å². The number of hydrogen-bond donors (Lipinski definition) is 3. The Morgan fingerprint density at radius 1 is 1.31 bits per heavy atom. The molecule has 1 atom stereocenters. The van der Waals surface area contributed by atoms with Crippen LogP contribution in [-0.4, -0.2) is 51.1 Å². The first-order chi connectivity index (χ1) is 6.99. The van der Waals surface area contributed by atoms with Crippen LogP contribution in [0.5, 0.6) is 0 Å². The van der Waals surface area contributed by atoms with Gasteiger partial charge >= 0.3 is 0 Å². The Morgan fingerprint density at radius 3 is 2.00 bits per heavy atom. The molecule has 0 amide bonds. The van der Waals surface area contributed by atoms with E-state index in [-0.39, 0.29) is 18.2 Å². The summed E-state index contributed by atoms with van der Waals surface area (Å²) in [6, 6.07) is 0. The van der Waals surface area contributed by atoms with E-state index in [4.69, 9.17) is 0 Å². The zero-order valence-corrected chi connectivity index (χ0v) is 10.7. The summed E-state index contributed by atoms with van der Waals surface area (Å²) in [5.41, 5.74) is -1.53. The highest BCUT2D eigenvalue weighted by Crippen LogP contribution is 2.21. The van der Waals surface area contributed by atoms with Gasteiger partial charge in [0.05, 0.1) is 0 Å². The monoisotopic (exact) mass is 233 g/mol. The average Bonchev–Trinajstić information content (AvgIpc) is 1.99. The van der Waals surface area contributed by atoms with Crippen molar-refractivity contribution in [2.24, 2.45) is 5.92 Å². The number of nitrogens with zero attached hydrogens (tertiary/aromatic N) is 1. The van der Waals surface area contributed by atoms with Gasteiger partial charge in [-0.3, -0.25) is 9.69 Å². The lowest BCUT2D eigenvalue weighted by Gasteiger charge is -2.36. The summed E-state index contributed by atoms with van der Waals surface area (Å²) in [7, 11) is 1.44. The molecular formula is C11H23NO4. The number of ketones is 1. The molecule has 0 spiro atoms. The summed E-state index contributed by atoms with van der Waals surface area (Å²) < 4.78 is 0. The van der Waals surface area contributed by atoms with Crippen LogP contribution in [0.2, 0.25) is 0 Å². The first-order valence-electron chi connectivity index (χ1n) is 5.38. The fourth-order valence-corrected chi connectivity index (χ4v) is 1.54. The van der Waals surface area contributed by atoms with Crippen LogP contribution in [-0.2, 0) is 4.79 Å². The van der Waals surface area contributed by atoms with Crippen molar-refractivity contribution in [2.75, 3.05) is 13.6 Å². The third-order valence-corrected chi connectivity index (χ3v) is 2.62. The van der Waals surface area contributed by atoms with Gasteiger partial charge in [0.15, 0.2) is 5.78 Å². The lowest BCUT2D eigenvalue weighted by atomic mass is 9.88. The molecule has 0 aromatic carbocycles. The number of hydrogen-bond acceptors (Lipinski definition) is 5. The van der Waals surface area contributed by atoms with Gasteiger partial charge in [-0.25, -0.2) is 0 Å². The van der Waals surface area contributed by atoms with E-state index in [1.165, 1.54) is 20.9 Å². The lowest BCUT2D eigenvalue weighted by molar-refractivity contribution is -0.252. The Balaban J connectivity index is 4.76. The molecule has 0 aliphatic heterocycles. The van der Waals surface area contributed by atoms with Crippen LogP contribution < -0.4 is 0 Å². The van der Waals surface area contributed by atoms with Gasteiger partial charge in [-0.2, -0.15) is 0 Å². The Bertz CT molecular complexity index is 247. The van der Waals surface area contributed by atoms with Gasteiger partial charge in [0, 0.05) is 13.5 Å². The summed E-state index contributed by atoms with van der Waals surface area (Å²) >= 11 is 0. The van der Waals surface area contributed by atoms with E-state index in [1.54, 1.807) is 0 Å². The molecule has 0 saturated carbocycles. The van der Waals surface area contributed by atoms with Crippen LogP contribution >= 0.6 is 0 Å². The molecule has 5 heteroatoms. The number of carbonyl (C=O) groups excluding carboxylic acids is 1. The van der Waals surface area contributed by atoms with Crippen LogP contribution in [0.15, 0.2) is 0 Å². The molecule has 96 valence electrons. The fourth-order valence-electron chi connectivity index (χ4n) is 1.54. The Morgan fingerprint density at radius 2 is 1.75 bits per heavy atom. The maximum absolute atomic E-state index is 11.4. The van der Waals surface area contributed by atoms with Crippen molar-refractivity contribution < 1.29 is 20.1 Å². The number of likely N-dealkylation sites (N-methyl/N-ethyl adjacent to an activating group) is 1. The van der Waals surface area contributed by atoms with Crippen LogP contribution in [0.3, 0.4) is 0 Å². The molecule has 1 unspecified atom stereocenters. The molecule has 16 heavy (non-hydrogen) atoms. The molecule has 0 fully saturated rings. The van der Waals surface area contributed by atoms with E-state index in [0.29, 0.717) is 6.42 Å². The van der Waals surface area contributed by atoms with E-state index in [2.05, 4.69) is 0 Å². The highest BCUT2D eigenvalue weighted by atomic mass is 16.5. The molecule has 0 bridgehead atoms. The average molecular weight is 233 g/mol. The van der Waals surface area contributed by atoms with Crippen molar-refractivity contribution in [1.82, 2.24) is 4.90 Å². The van der Waals surface area contributed by atoms with Crippen LogP contribution in [0.25, 0.3) is 0 Å². The van der Waals surface area contributed by atoms with Crippen molar-refractivity contribution in [1.29, 1.82) is 0 Å². The number of carbonyl (C=O) groups is 1. The first-order valence-corrected chi connectivity index (χ1v) is 5.38. The van der Waals surface area contributed by atoms with Gasteiger partial charge < -0.3 is 15.3 Å². The molecule has 0 aromatic rings. The van der Waals surface area contributed by atoms with Gasteiger partial charge in [-0.1, -0.05) is 13.8 Å². The largest absolute Gasteiger partial charge is 0.381 e. The second-order valence-electron chi connectivity index (χ2n) is 5.01. The molecule has 5 nitrogen and oxygen atoms in total. The van der Waals surface area contributed by atoms with Crippen LogP contribution in [0.1, 0.15) is 34.1 Å². The number of Topliss-reactive ketones (excluding diaryl/α,β-unsaturated/α-hetero) is 1. The van der Waals surface area contributed by atoms with E-state index in [1.807, 2.05) is 13.8 Å². The Labute approximate surface area is 96.7 Å². The summed E-state index contributed by atoms with van der Waals surface area (Å²) in [6.45, 7) is 6.17. The normalized spacial score (nSPS) is 16.6. The van der Waals surface area contributed by atoms with E-state index in [9.17, 15) is 20.1 Å². The topological polar surface area (TPSA) is 81.0 Å².